The van der Waals surface area contributed by atoms with Crippen molar-refractivity contribution in [3.05, 3.63) is 74.9 Å². The summed E-state index contributed by atoms with van der Waals surface area (Å²) in [7, 11) is 0. The number of allylic oxidation sites excluding steroid dienone is 2. The Morgan fingerprint density at radius 3 is 2.42 bits per heavy atom. The number of nitro groups is 1. The lowest BCUT2D eigenvalue weighted by Crippen LogP contribution is -1.99. The zero-order chi connectivity index (χ0) is 17.7. The Hall–Kier alpha value is -3.15. The average Bonchev–Trinajstić information content (AvgIpc) is 2.55. The molecule has 1 aromatic heterocycles. The van der Waals surface area contributed by atoms with Crippen LogP contribution in [-0.4, -0.2) is 20.7 Å². The number of carbonyl (C=O) groups excluding carboxylic acids is 1. The first-order valence-electron chi connectivity index (χ1n) is 7.33. The highest BCUT2D eigenvalue weighted by atomic mass is 16.6. The number of non-ortho nitro benzene ring substituents is 1. The van der Waals surface area contributed by atoms with E-state index in [0.29, 0.717) is 11.3 Å². The van der Waals surface area contributed by atoms with Crippen molar-refractivity contribution in [1.29, 1.82) is 0 Å². The van der Waals surface area contributed by atoms with E-state index < -0.39 is 4.92 Å². The molecule has 0 N–H and O–H groups in total. The lowest BCUT2D eigenvalue weighted by molar-refractivity contribution is -0.384. The van der Waals surface area contributed by atoms with Crippen molar-refractivity contribution >= 4 is 23.6 Å². The number of aryl methyl sites for hydroxylation is 3. The quantitative estimate of drug-likeness (QED) is 0.476. The molecule has 0 unspecified atom stereocenters. The van der Waals surface area contributed by atoms with Crippen molar-refractivity contribution in [1.82, 2.24) is 9.97 Å². The molecule has 0 spiro atoms. The molecule has 0 bridgehead atoms. The van der Waals surface area contributed by atoms with E-state index in [0.717, 1.165) is 17.1 Å². The molecule has 0 aliphatic rings. The highest BCUT2D eigenvalue weighted by molar-refractivity contribution is 6.04. The van der Waals surface area contributed by atoms with Crippen LogP contribution in [0, 0.1) is 30.9 Å². The van der Waals surface area contributed by atoms with Gasteiger partial charge in [-0.3, -0.25) is 19.9 Å². The predicted molar refractivity (Wildman–Crippen MR) is 92.4 cm³/mol. The van der Waals surface area contributed by atoms with Gasteiger partial charge in [0.05, 0.1) is 27.7 Å². The van der Waals surface area contributed by atoms with E-state index in [1.54, 1.807) is 24.3 Å². The van der Waals surface area contributed by atoms with E-state index in [1.807, 2.05) is 20.8 Å². The largest absolute Gasteiger partial charge is 0.290 e. The molecule has 0 aliphatic carbocycles. The van der Waals surface area contributed by atoms with Gasteiger partial charge in [0, 0.05) is 12.1 Å². The van der Waals surface area contributed by atoms with Crippen LogP contribution in [0.5, 0.6) is 0 Å². The number of rotatable bonds is 5. The second kappa shape index (κ2) is 7.41. The van der Waals surface area contributed by atoms with Gasteiger partial charge >= 0.3 is 0 Å². The molecule has 122 valence electrons. The molecule has 2 aromatic rings. The van der Waals surface area contributed by atoms with Crippen LogP contribution in [0.4, 0.5) is 5.69 Å². The lowest BCUT2D eigenvalue weighted by Gasteiger charge is -2.03. The Kier molecular flexibility index (Phi) is 5.31. The minimum atomic E-state index is -0.472. The molecular weight excluding hydrogens is 306 g/mol. The number of carbonyl (C=O) groups is 1. The zero-order valence-corrected chi connectivity index (χ0v) is 13.7. The van der Waals surface area contributed by atoms with E-state index in [2.05, 4.69) is 9.97 Å². The summed E-state index contributed by atoms with van der Waals surface area (Å²) < 4.78 is 0. The number of hydrogen-bond acceptors (Lipinski definition) is 5. The minimum absolute atomic E-state index is 0.0128. The highest BCUT2D eigenvalue weighted by Crippen LogP contribution is 2.14. The van der Waals surface area contributed by atoms with Crippen LogP contribution in [0.15, 0.2) is 36.4 Å². The van der Waals surface area contributed by atoms with Gasteiger partial charge in [0.25, 0.3) is 5.69 Å². The SMILES string of the molecule is Cc1nc(C)c(/C=C/C(=O)/C=C/c2cccc([N+](=O)[O-])c2)nc1C. The molecule has 0 atom stereocenters. The Morgan fingerprint density at radius 1 is 1.04 bits per heavy atom. The second-order valence-corrected chi connectivity index (χ2v) is 5.29. The fourth-order valence-corrected chi connectivity index (χ4v) is 2.03. The molecule has 0 fully saturated rings. The number of nitro benzene ring substituents is 1. The Morgan fingerprint density at radius 2 is 1.71 bits per heavy atom. The van der Waals surface area contributed by atoms with Crippen LogP contribution in [0.25, 0.3) is 12.2 Å². The highest BCUT2D eigenvalue weighted by Gasteiger charge is 2.04. The smallest absolute Gasteiger partial charge is 0.270 e. The van der Waals surface area contributed by atoms with Crippen molar-refractivity contribution in [2.24, 2.45) is 0 Å². The summed E-state index contributed by atoms with van der Waals surface area (Å²) in [5, 5.41) is 10.7. The van der Waals surface area contributed by atoms with Crippen LogP contribution < -0.4 is 0 Å². The summed E-state index contributed by atoms with van der Waals surface area (Å²) in [4.78, 5) is 30.9. The summed E-state index contributed by atoms with van der Waals surface area (Å²) >= 11 is 0. The normalized spacial score (nSPS) is 11.3. The summed E-state index contributed by atoms with van der Waals surface area (Å²) in [5.41, 5.74) is 3.66. The summed E-state index contributed by atoms with van der Waals surface area (Å²) in [5.74, 6) is -0.235. The molecule has 1 aromatic carbocycles. The second-order valence-electron chi connectivity index (χ2n) is 5.29. The molecule has 24 heavy (non-hydrogen) atoms. The van der Waals surface area contributed by atoms with Gasteiger partial charge in [0.2, 0.25) is 0 Å². The first-order valence-corrected chi connectivity index (χ1v) is 7.33. The van der Waals surface area contributed by atoms with Crippen LogP contribution in [0.2, 0.25) is 0 Å². The number of benzene rings is 1. The fraction of sp³-hybridized carbons (Fsp3) is 0.167. The van der Waals surface area contributed by atoms with E-state index in [-0.39, 0.29) is 11.5 Å². The van der Waals surface area contributed by atoms with Gasteiger partial charge in [-0.15, -0.1) is 0 Å². The maximum absolute atomic E-state index is 11.9. The third kappa shape index (κ3) is 4.42. The predicted octanol–water partition coefficient (Wildman–Crippen LogP) is 3.61. The molecule has 6 nitrogen and oxygen atoms in total. The van der Waals surface area contributed by atoms with E-state index >= 15 is 0 Å². The molecule has 2 rings (SSSR count). The first kappa shape index (κ1) is 17.2. The average molecular weight is 323 g/mol. The Balaban J connectivity index is 2.12. The van der Waals surface area contributed by atoms with E-state index in [9.17, 15) is 14.9 Å². The summed E-state index contributed by atoms with van der Waals surface area (Å²) in [6.07, 6.45) is 5.92. The number of nitrogens with zero attached hydrogens (tertiary/aromatic N) is 3. The van der Waals surface area contributed by atoms with Gasteiger partial charge in [-0.1, -0.05) is 18.2 Å². The number of hydrogen-bond donors (Lipinski definition) is 0. The van der Waals surface area contributed by atoms with Crippen molar-refractivity contribution in [3.63, 3.8) is 0 Å². The molecule has 0 radical (unpaired) electrons. The number of ketones is 1. The van der Waals surface area contributed by atoms with Crippen molar-refractivity contribution < 1.29 is 9.72 Å². The van der Waals surface area contributed by atoms with Gasteiger partial charge in [-0.05, 0) is 44.6 Å². The van der Waals surface area contributed by atoms with Crippen LogP contribution in [0.1, 0.15) is 28.3 Å². The molecule has 0 saturated carbocycles. The molecule has 0 amide bonds. The van der Waals surface area contributed by atoms with Crippen molar-refractivity contribution in [2.75, 3.05) is 0 Å². The Labute approximate surface area is 139 Å². The Bertz CT molecular complexity index is 855. The van der Waals surface area contributed by atoms with E-state index in [4.69, 9.17) is 0 Å². The van der Waals surface area contributed by atoms with Crippen molar-refractivity contribution in [2.45, 2.75) is 20.8 Å². The van der Waals surface area contributed by atoms with Gasteiger partial charge in [-0.25, -0.2) is 4.98 Å². The van der Waals surface area contributed by atoms with E-state index in [1.165, 1.54) is 24.3 Å². The van der Waals surface area contributed by atoms with Gasteiger partial charge < -0.3 is 0 Å². The topological polar surface area (TPSA) is 86.0 Å². The van der Waals surface area contributed by atoms with Gasteiger partial charge in [-0.2, -0.15) is 0 Å². The molecule has 0 saturated heterocycles. The van der Waals surface area contributed by atoms with Crippen LogP contribution in [0.3, 0.4) is 0 Å². The van der Waals surface area contributed by atoms with Crippen LogP contribution >= 0.6 is 0 Å². The molecule has 0 aliphatic heterocycles. The first-order chi connectivity index (χ1) is 11.4. The summed E-state index contributed by atoms with van der Waals surface area (Å²) in [6, 6.07) is 6.08. The third-order valence-corrected chi connectivity index (χ3v) is 3.44. The molecular formula is C18H17N3O3. The monoisotopic (exact) mass is 323 g/mol. The van der Waals surface area contributed by atoms with Crippen molar-refractivity contribution in [3.8, 4) is 0 Å². The molecule has 1 heterocycles. The fourth-order valence-electron chi connectivity index (χ4n) is 2.03. The maximum Gasteiger partial charge on any atom is 0.270 e. The standard InChI is InChI=1S/C18H17N3O3/c1-12-13(2)20-18(14(3)19-12)10-9-17(22)8-7-15-5-4-6-16(11-15)21(23)24/h4-11H,1-3H3/b8-7+,10-9+. The zero-order valence-electron chi connectivity index (χ0n) is 13.7. The van der Waals surface area contributed by atoms with Gasteiger partial charge in [0.15, 0.2) is 5.78 Å². The minimum Gasteiger partial charge on any atom is -0.290 e. The maximum atomic E-state index is 11.9. The lowest BCUT2D eigenvalue weighted by atomic mass is 10.1. The number of aromatic nitrogens is 2. The molecule has 6 heteroatoms. The summed E-state index contributed by atoms with van der Waals surface area (Å²) in [6.45, 7) is 5.58. The van der Waals surface area contributed by atoms with Gasteiger partial charge in [0.1, 0.15) is 0 Å². The van der Waals surface area contributed by atoms with Crippen LogP contribution in [-0.2, 0) is 4.79 Å². The third-order valence-electron chi connectivity index (χ3n) is 3.44.